The number of nitrogens with zero attached hydrogens (tertiary/aromatic N) is 2. The second-order valence-electron chi connectivity index (χ2n) is 8.86. The molecule has 1 unspecified atom stereocenters. The van der Waals surface area contributed by atoms with Gasteiger partial charge in [-0.15, -0.1) is 0 Å². The quantitative estimate of drug-likeness (QED) is 0.349. The highest BCUT2D eigenvalue weighted by Gasteiger charge is 2.48. The Kier molecular flexibility index (Phi) is 5.20. The normalized spacial score (nSPS) is 19.4. The van der Waals surface area contributed by atoms with Crippen LogP contribution in [0.5, 0.6) is 5.75 Å². The zero-order chi connectivity index (χ0) is 24.1. The van der Waals surface area contributed by atoms with E-state index in [0.29, 0.717) is 41.7 Å². The number of amides is 1. The second kappa shape index (κ2) is 8.09. The maximum atomic E-state index is 13.3. The first-order chi connectivity index (χ1) is 16.3. The summed E-state index contributed by atoms with van der Waals surface area (Å²) in [6.07, 6.45) is 0. The molecule has 1 saturated heterocycles. The van der Waals surface area contributed by atoms with E-state index in [1.54, 1.807) is 37.3 Å². The molecule has 1 atom stereocenters. The molecule has 1 amide bonds. The maximum absolute atomic E-state index is 13.3. The van der Waals surface area contributed by atoms with E-state index in [2.05, 4.69) is 0 Å². The molecule has 3 heterocycles. The van der Waals surface area contributed by atoms with Crippen LogP contribution in [-0.4, -0.2) is 37.0 Å². The highest BCUT2D eigenvalue weighted by molar-refractivity contribution is 6.51. The van der Waals surface area contributed by atoms with Crippen LogP contribution >= 0.6 is 0 Å². The molecule has 0 radical (unpaired) electrons. The minimum absolute atomic E-state index is 0.00124. The van der Waals surface area contributed by atoms with Crippen LogP contribution < -0.4 is 14.5 Å². The minimum atomic E-state index is -0.889. The fraction of sp³-hybridized carbons (Fsp3) is 0.259. The first-order valence-electron chi connectivity index (χ1n) is 11.2. The van der Waals surface area contributed by atoms with Crippen molar-refractivity contribution in [3.05, 3.63) is 82.3 Å². The molecule has 0 spiro atoms. The lowest BCUT2D eigenvalue weighted by molar-refractivity contribution is -0.132. The molecular weight excluding hydrogens is 432 g/mol. The summed E-state index contributed by atoms with van der Waals surface area (Å²) in [6, 6.07) is 13.5. The van der Waals surface area contributed by atoms with Gasteiger partial charge in [0.2, 0.25) is 0 Å². The van der Waals surface area contributed by atoms with Gasteiger partial charge in [0.15, 0.2) is 0 Å². The number of ketones is 1. The van der Waals surface area contributed by atoms with Crippen molar-refractivity contribution in [2.75, 3.05) is 30.0 Å². The van der Waals surface area contributed by atoms with Gasteiger partial charge in [0, 0.05) is 18.3 Å². The summed E-state index contributed by atoms with van der Waals surface area (Å²) < 4.78 is 11.6. The van der Waals surface area contributed by atoms with Gasteiger partial charge in [-0.05, 0) is 62.7 Å². The number of aliphatic hydroxyl groups is 1. The molecule has 5 rings (SSSR count). The third kappa shape index (κ3) is 3.44. The molecule has 1 aromatic heterocycles. The Morgan fingerprint density at radius 3 is 2.50 bits per heavy atom. The molecule has 2 aliphatic heterocycles. The Bertz CT molecular complexity index is 1350. The van der Waals surface area contributed by atoms with E-state index in [-0.39, 0.29) is 11.3 Å². The summed E-state index contributed by atoms with van der Waals surface area (Å²) in [6.45, 7) is 6.94. The number of fused-ring (bicyclic) bond motifs is 1. The zero-order valence-electron chi connectivity index (χ0n) is 19.6. The third-order valence-electron chi connectivity index (χ3n) is 6.41. The summed E-state index contributed by atoms with van der Waals surface area (Å²) in [5.74, 6) is 0.0703. The van der Waals surface area contributed by atoms with Crippen LogP contribution in [0.1, 0.15) is 34.3 Å². The predicted octanol–water partition coefficient (Wildman–Crippen LogP) is 4.66. The lowest BCUT2D eigenvalue weighted by atomic mass is 9.98. The van der Waals surface area contributed by atoms with Crippen LogP contribution in [0.25, 0.3) is 5.76 Å². The van der Waals surface area contributed by atoms with Crippen molar-refractivity contribution in [2.45, 2.75) is 26.8 Å². The van der Waals surface area contributed by atoms with Gasteiger partial charge in [0.1, 0.15) is 35.7 Å². The molecule has 7 nitrogen and oxygen atoms in total. The summed E-state index contributed by atoms with van der Waals surface area (Å²) >= 11 is 0. The Balaban J connectivity index is 1.70. The maximum Gasteiger partial charge on any atom is 0.300 e. The second-order valence-corrected chi connectivity index (χ2v) is 8.86. The molecule has 1 fully saturated rings. The van der Waals surface area contributed by atoms with Crippen LogP contribution in [0.2, 0.25) is 0 Å². The Hall–Kier alpha value is -4.00. The van der Waals surface area contributed by atoms with Crippen molar-refractivity contribution in [1.82, 2.24) is 0 Å². The van der Waals surface area contributed by atoms with Crippen LogP contribution in [-0.2, 0) is 9.59 Å². The average molecular weight is 459 g/mol. The fourth-order valence-electron chi connectivity index (χ4n) is 4.68. The molecule has 0 aliphatic carbocycles. The Morgan fingerprint density at radius 2 is 1.79 bits per heavy atom. The Labute approximate surface area is 197 Å². The number of furan rings is 1. The SMILES string of the molecule is Cc1ccc(N2C(=O)C(=O)/C(=C(\O)c3ccc4c(c3)N(C)CCO4)C2c2ccc(C)o2)c(C)c1. The van der Waals surface area contributed by atoms with Gasteiger partial charge >= 0.3 is 0 Å². The van der Waals surface area contributed by atoms with E-state index in [4.69, 9.17) is 9.15 Å². The summed E-state index contributed by atoms with van der Waals surface area (Å²) in [5.41, 5.74) is 3.74. The predicted molar refractivity (Wildman–Crippen MR) is 129 cm³/mol. The first-order valence-corrected chi connectivity index (χ1v) is 11.2. The molecule has 2 aliphatic rings. The van der Waals surface area contributed by atoms with Crippen molar-refractivity contribution in [3.8, 4) is 5.75 Å². The molecule has 7 heteroatoms. The van der Waals surface area contributed by atoms with Crippen LogP contribution in [0.3, 0.4) is 0 Å². The van der Waals surface area contributed by atoms with Crippen LogP contribution in [0.4, 0.5) is 11.4 Å². The van der Waals surface area contributed by atoms with E-state index in [0.717, 1.165) is 16.8 Å². The number of aliphatic hydroxyl groups excluding tert-OH is 1. The summed E-state index contributed by atoms with van der Waals surface area (Å²) in [7, 11) is 1.94. The number of Topliss-reactive ketones (excluding diaryl/α,β-unsaturated/α-hetero) is 1. The van der Waals surface area contributed by atoms with Crippen molar-refractivity contribution in [3.63, 3.8) is 0 Å². The number of hydrogen-bond acceptors (Lipinski definition) is 6. The number of rotatable bonds is 3. The van der Waals surface area contributed by atoms with Crippen molar-refractivity contribution >= 4 is 28.8 Å². The number of ether oxygens (including phenoxy) is 1. The molecular formula is C27H26N2O5. The Morgan fingerprint density at radius 1 is 1.00 bits per heavy atom. The molecule has 34 heavy (non-hydrogen) atoms. The van der Waals surface area contributed by atoms with Gasteiger partial charge in [-0.25, -0.2) is 0 Å². The topological polar surface area (TPSA) is 83.2 Å². The largest absolute Gasteiger partial charge is 0.507 e. The van der Waals surface area contributed by atoms with E-state index in [9.17, 15) is 14.7 Å². The fourth-order valence-corrected chi connectivity index (χ4v) is 4.68. The standard InChI is InChI=1S/C27H26N2O5/c1-15-5-8-19(16(2)13-15)29-24(22-9-6-17(3)34-22)23(26(31)27(29)32)25(30)18-7-10-21-20(14-18)28(4)11-12-33-21/h5-10,13-14,24,30H,11-12H2,1-4H3/b25-23-. The van der Waals surface area contributed by atoms with Gasteiger partial charge in [0.25, 0.3) is 11.7 Å². The number of aryl methyl sites for hydroxylation is 3. The molecule has 2 aromatic carbocycles. The number of likely N-dealkylation sites (N-methyl/N-ethyl adjacent to an activating group) is 1. The van der Waals surface area contributed by atoms with E-state index < -0.39 is 17.7 Å². The zero-order valence-corrected chi connectivity index (χ0v) is 19.6. The molecule has 3 aromatic rings. The number of anilines is 2. The third-order valence-corrected chi connectivity index (χ3v) is 6.41. The number of carbonyl (C=O) groups is 2. The van der Waals surface area contributed by atoms with Crippen LogP contribution in [0, 0.1) is 20.8 Å². The van der Waals surface area contributed by atoms with Crippen molar-refractivity contribution < 1.29 is 23.8 Å². The molecule has 174 valence electrons. The highest BCUT2D eigenvalue weighted by Crippen LogP contribution is 2.44. The number of benzene rings is 2. The lowest BCUT2D eigenvalue weighted by Gasteiger charge is -2.28. The minimum Gasteiger partial charge on any atom is -0.507 e. The van der Waals surface area contributed by atoms with Crippen molar-refractivity contribution in [1.29, 1.82) is 0 Å². The molecule has 0 bridgehead atoms. The molecule has 0 saturated carbocycles. The van der Waals surface area contributed by atoms with E-state index >= 15 is 0 Å². The smallest absolute Gasteiger partial charge is 0.300 e. The summed E-state index contributed by atoms with van der Waals surface area (Å²) in [5, 5.41) is 11.4. The summed E-state index contributed by atoms with van der Waals surface area (Å²) in [4.78, 5) is 30.1. The van der Waals surface area contributed by atoms with Gasteiger partial charge in [-0.2, -0.15) is 0 Å². The lowest BCUT2D eigenvalue weighted by Crippen LogP contribution is -2.30. The number of hydrogen-bond donors (Lipinski definition) is 1. The van der Waals surface area contributed by atoms with Gasteiger partial charge in [0.05, 0.1) is 17.8 Å². The van der Waals surface area contributed by atoms with Crippen molar-refractivity contribution in [2.24, 2.45) is 0 Å². The average Bonchev–Trinajstić information content (AvgIpc) is 3.34. The highest BCUT2D eigenvalue weighted by atomic mass is 16.5. The van der Waals surface area contributed by atoms with E-state index in [1.807, 2.05) is 44.0 Å². The van der Waals surface area contributed by atoms with E-state index in [1.165, 1.54) is 4.90 Å². The van der Waals surface area contributed by atoms with Crippen LogP contribution in [0.15, 0.2) is 58.5 Å². The van der Waals surface area contributed by atoms with Gasteiger partial charge < -0.3 is 19.2 Å². The monoisotopic (exact) mass is 458 g/mol. The van der Waals surface area contributed by atoms with Gasteiger partial charge in [-0.3, -0.25) is 14.5 Å². The first kappa shape index (κ1) is 21.8. The molecule has 1 N–H and O–H groups in total. The number of carbonyl (C=O) groups excluding carboxylic acids is 2. The van der Waals surface area contributed by atoms with Gasteiger partial charge in [-0.1, -0.05) is 17.7 Å².